The van der Waals surface area contributed by atoms with Crippen LogP contribution in [0.4, 0.5) is 0 Å². The molecule has 21 heavy (non-hydrogen) atoms. The third-order valence-corrected chi connectivity index (χ3v) is 4.98. The number of hydrogen-bond acceptors (Lipinski definition) is 2. The standard InChI is InChI=1S/C19H29NO/c1-20-19(15-8-5-3-2-4-6-9-15)16-10-7-11-18(14-16)21-17-12-13-17/h7,10-11,14-15,17,19-20H,2-6,8-9,12-13H2,1H3. The molecule has 1 atom stereocenters. The van der Waals surface area contributed by atoms with Crippen LogP contribution in [0.25, 0.3) is 0 Å². The van der Waals surface area contributed by atoms with Gasteiger partial charge in [0.2, 0.25) is 0 Å². The lowest BCUT2D eigenvalue weighted by Gasteiger charge is -2.29. The van der Waals surface area contributed by atoms with E-state index in [1.807, 2.05) is 0 Å². The molecule has 0 spiro atoms. The van der Waals surface area contributed by atoms with Crippen molar-refractivity contribution in [2.24, 2.45) is 5.92 Å². The molecule has 3 rings (SSSR count). The van der Waals surface area contributed by atoms with Crippen molar-refractivity contribution < 1.29 is 4.74 Å². The normalized spacial score (nSPS) is 22.3. The van der Waals surface area contributed by atoms with Gasteiger partial charge < -0.3 is 10.1 Å². The van der Waals surface area contributed by atoms with Crippen LogP contribution in [0, 0.1) is 5.92 Å². The van der Waals surface area contributed by atoms with Gasteiger partial charge in [-0.1, -0.05) is 44.2 Å². The van der Waals surface area contributed by atoms with E-state index in [0.717, 1.165) is 11.7 Å². The average molecular weight is 287 g/mol. The maximum atomic E-state index is 5.96. The summed E-state index contributed by atoms with van der Waals surface area (Å²) in [5.41, 5.74) is 1.40. The minimum absolute atomic E-state index is 0.478. The van der Waals surface area contributed by atoms with Gasteiger partial charge in [-0.25, -0.2) is 0 Å². The molecule has 2 aliphatic carbocycles. The summed E-state index contributed by atoms with van der Waals surface area (Å²) in [7, 11) is 2.11. The summed E-state index contributed by atoms with van der Waals surface area (Å²) < 4.78 is 5.96. The molecular weight excluding hydrogens is 258 g/mol. The van der Waals surface area contributed by atoms with Gasteiger partial charge in [0, 0.05) is 6.04 Å². The zero-order valence-electron chi connectivity index (χ0n) is 13.3. The van der Waals surface area contributed by atoms with Gasteiger partial charge in [-0.15, -0.1) is 0 Å². The third kappa shape index (κ3) is 4.23. The summed E-state index contributed by atoms with van der Waals surface area (Å²) in [6.45, 7) is 0. The summed E-state index contributed by atoms with van der Waals surface area (Å²) in [5.74, 6) is 1.83. The van der Waals surface area contributed by atoms with E-state index in [1.54, 1.807) is 0 Å². The van der Waals surface area contributed by atoms with Gasteiger partial charge in [0.1, 0.15) is 5.75 Å². The van der Waals surface area contributed by atoms with E-state index < -0.39 is 0 Å². The molecular formula is C19H29NO. The van der Waals surface area contributed by atoms with Crippen LogP contribution in [0.5, 0.6) is 5.75 Å². The average Bonchev–Trinajstić information content (AvgIpc) is 3.26. The Balaban J connectivity index is 1.71. The number of ether oxygens (including phenoxy) is 1. The van der Waals surface area contributed by atoms with E-state index >= 15 is 0 Å². The van der Waals surface area contributed by atoms with Crippen molar-refractivity contribution in [2.45, 2.75) is 69.9 Å². The minimum Gasteiger partial charge on any atom is -0.490 e. The van der Waals surface area contributed by atoms with Gasteiger partial charge in [-0.05, 0) is 56.3 Å². The second-order valence-electron chi connectivity index (χ2n) is 6.76. The second kappa shape index (κ2) is 7.31. The molecule has 2 aliphatic rings. The van der Waals surface area contributed by atoms with Gasteiger partial charge in [0.25, 0.3) is 0 Å². The highest BCUT2D eigenvalue weighted by Crippen LogP contribution is 2.35. The first-order chi connectivity index (χ1) is 10.4. The number of rotatable bonds is 5. The molecule has 1 aromatic carbocycles. The van der Waals surface area contributed by atoms with Crippen LogP contribution in [0.3, 0.4) is 0 Å². The lowest BCUT2D eigenvalue weighted by molar-refractivity contribution is 0.292. The summed E-state index contributed by atoms with van der Waals surface area (Å²) in [5, 5.41) is 3.58. The van der Waals surface area contributed by atoms with Gasteiger partial charge in [0.05, 0.1) is 6.10 Å². The first-order valence-corrected chi connectivity index (χ1v) is 8.80. The zero-order valence-corrected chi connectivity index (χ0v) is 13.3. The van der Waals surface area contributed by atoms with Crippen molar-refractivity contribution in [3.8, 4) is 5.75 Å². The number of hydrogen-bond donors (Lipinski definition) is 1. The predicted octanol–water partition coefficient (Wildman–Crippen LogP) is 4.85. The van der Waals surface area contributed by atoms with Gasteiger partial charge in [-0.2, -0.15) is 0 Å². The Morgan fingerprint density at radius 1 is 1.00 bits per heavy atom. The third-order valence-electron chi connectivity index (χ3n) is 4.98. The largest absolute Gasteiger partial charge is 0.490 e. The van der Waals surface area contributed by atoms with Gasteiger partial charge in [0.15, 0.2) is 0 Å². The second-order valence-corrected chi connectivity index (χ2v) is 6.76. The predicted molar refractivity (Wildman–Crippen MR) is 87.7 cm³/mol. The van der Waals surface area contributed by atoms with Crippen molar-refractivity contribution in [1.82, 2.24) is 5.32 Å². The van der Waals surface area contributed by atoms with Gasteiger partial charge in [-0.3, -0.25) is 0 Å². The van der Waals surface area contributed by atoms with Gasteiger partial charge >= 0.3 is 0 Å². The van der Waals surface area contributed by atoms with Crippen LogP contribution in [-0.2, 0) is 0 Å². The van der Waals surface area contributed by atoms with Crippen LogP contribution >= 0.6 is 0 Å². The zero-order chi connectivity index (χ0) is 14.5. The molecule has 2 fully saturated rings. The van der Waals surface area contributed by atoms with Crippen molar-refractivity contribution >= 4 is 0 Å². The molecule has 0 amide bonds. The van der Waals surface area contributed by atoms with Crippen molar-refractivity contribution in [3.05, 3.63) is 29.8 Å². The molecule has 0 bridgehead atoms. The topological polar surface area (TPSA) is 21.3 Å². The summed E-state index contributed by atoms with van der Waals surface area (Å²) in [4.78, 5) is 0. The maximum Gasteiger partial charge on any atom is 0.120 e. The molecule has 0 saturated heterocycles. The van der Waals surface area contributed by atoms with Crippen molar-refractivity contribution in [3.63, 3.8) is 0 Å². The summed E-state index contributed by atoms with van der Waals surface area (Å²) >= 11 is 0. The van der Waals surface area contributed by atoms with E-state index in [4.69, 9.17) is 4.74 Å². The molecule has 2 heteroatoms. The van der Waals surface area contributed by atoms with Crippen molar-refractivity contribution in [1.29, 1.82) is 0 Å². The molecule has 1 unspecified atom stereocenters. The number of benzene rings is 1. The Morgan fingerprint density at radius 2 is 1.71 bits per heavy atom. The highest BCUT2D eigenvalue weighted by molar-refractivity contribution is 5.31. The molecule has 0 heterocycles. The summed E-state index contributed by atoms with van der Waals surface area (Å²) in [6.07, 6.45) is 12.7. The lowest BCUT2D eigenvalue weighted by Crippen LogP contribution is -2.26. The molecule has 1 aromatic rings. The van der Waals surface area contributed by atoms with Crippen LogP contribution < -0.4 is 10.1 Å². The molecule has 2 saturated carbocycles. The van der Waals surface area contributed by atoms with Crippen LogP contribution in [0.1, 0.15) is 69.4 Å². The fourth-order valence-corrected chi connectivity index (χ4v) is 3.66. The maximum absolute atomic E-state index is 5.96. The van der Waals surface area contributed by atoms with E-state index in [1.165, 1.54) is 63.4 Å². The molecule has 2 nitrogen and oxygen atoms in total. The first-order valence-electron chi connectivity index (χ1n) is 8.80. The minimum atomic E-state index is 0.478. The molecule has 0 radical (unpaired) electrons. The molecule has 1 N–H and O–H groups in total. The van der Waals surface area contributed by atoms with E-state index in [0.29, 0.717) is 12.1 Å². The van der Waals surface area contributed by atoms with Crippen LogP contribution in [0.2, 0.25) is 0 Å². The SMILES string of the molecule is CNC(c1cccc(OC2CC2)c1)C1CCCCCCC1. The quantitative estimate of drug-likeness (QED) is 0.836. The fourth-order valence-electron chi connectivity index (χ4n) is 3.66. The highest BCUT2D eigenvalue weighted by atomic mass is 16.5. The summed E-state index contributed by atoms with van der Waals surface area (Å²) in [6, 6.07) is 9.26. The fraction of sp³-hybridized carbons (Fsp3) is 0.684. The van der Waals surface area contributed by atoms with Crippen LogP contribution in [0.15, 0.2) is 24.3 Å². The molecule has 0 aliphatic heterocycles. The monoisotopic (exact) mass is 287 g/mol. The lowest BCUT2D eigenvalue weighted by atomic mass is 9.83. The van der Waals surface area contributed by atoms with E-state index in [2.05, 4.69) is 36.6 Å². The Bertz CT molecular complexity index is 433. The Hall–Kier alpha value is -1.02. The van der Waals surface area contributed by atoms with Crippen molar-refractivity contribution in [2.75, 3.05) is 7.05 Å². The first kappa shape index (κ1) is 14.9. The smallest absolute Gasteiger partial charge is 0.120 e. The Morgan fingerprint density at radius 3 is 2.38 bits per heavy atom. The van der Waals surface area contributed by atoms with E-state index in [9.17, 15) is 0 Å². The van der Waals surface area contributed by atoms with Crippen LogP contribution in [-0.4, -0.2) is 13.2 Å². The number of nitrogens with one attached hydrogen (secondary N) is 1. The molecule has 0 aromatic heterocycles. The highest BCUT2D eigenvalue weighted by Gasteiger charge is 2.25. The Labute approximate surface area is 129 Å². The van der Waals surface area contributed by atoms with E-state index in [-0.39, 0.29) is 0 Å². The Kier molecular flexibility index (Phi) is 5.18. The molecule has 116 valence electrons.